The van der Waals surface area contributed by atoms with Gasteiger partial charge in [-0.25, -0.2) is 9.78 Å². The van der Waals surface area contributed by atoms with Crippen LogP contribution in [-0.2, 0) is 11.3 Å². The van der Waals surface area contributed by atoms with Crippen molar-refractivity contribution in [2.24, 2.45) is 0 Å². The van der Waals surface area contributed by atoms with Crippen molar-refractivity contribution in [3.8, 4) is 0 Å². The molecule has 0 unspecified atom stereocenters. The van der Waals surface area contributed by atoms with Crippen LogP contribution in [0.1, 0.15) is 23.0 Å². The third-order valence-electron chi connectivity index (χ3n) is 2.61. The SMILES string of the molecule is CCOC(=O)c1csc(N(C)Cc2cccc(Br)c2)n1. The minimum absolute atomic E-state index is 0.361. The number of nitrogens with zero attached hydrogens (tertiary/aromatic N) is 2. The molecule has 0 aliphatic heterocycles. The first-order valence-corrected chi connectivity index (χ1v) is 7.85. The van der Waals surface area contributed by atoms with Crippen LogP contribution in [0.3, 0.4) is 0 Å². The van der Waals surface area contributed by atoms with E-state index in [-0.39, 0.29) is 5.97 Å². The molecule has 0 aliphatic rings. The average molecular weight is 355 g/mol. The highest BCUT2D eigenvalue weighted by Crippen LogP contribution is 2.22. The fraction of sp³-hybridized carbons (Fsp3) is 0.286. The Bertz CT molecular complexity index is 600. The van der Waals surface area contributed by atoms with Crippen molar-refractivity contribution in [2.75, 3.05) is 18.6 Å². The first-order valence-electron chi connectivity index (χ1n) is 6.18. The first-order chi connectivity index (χ1) is 9.60. The van der Waals surface area contributed by atoms with E-state index in [1.54, 1.807) is 12.3 Å². The smallest absolute Gasteiger partial charge is 0.357 e. The zero-order valence-corrected chi connectivity index (χ0v) is 13.7. The zero-order valence-electron chi connectivity index (χ0n) is 11.3. The second-order valence-corrected chi connectivity index (χ2v) is 5.97. The molecule has 4 nitrogen and oxygen atoms in total. The van der Waals surface area contributed by atoms with Crippen molar-refractivity contribution < 1.29 is 9.53 Å². The number of thiazole rings is 1. The zero-order chi connectivity index (χ0) is 14.5. The minimum atomic E-state index is -0.370. The summed E-state index contributed by atoms with van der Waals surface area (Å²) in [4.78, 5) is 17.9. The number of hydrogen-bond acceptors (Lipinski definition) is 5. The fourth-order valence-corrected chi connectivity index (χ4v) is 2.92. The lowest BCUT2D eigenvalue weighted by molar-refractivity contribution is 0.0520. The molecule has 1 aromatic carbocycles. The molecule has 106 valence electrons. The number of halogens is 1. The number of carbonyl (C=O) groups is 1. The summed E-state index contributed by atoms with van der Waals surface area (Å²) in [6.07, 6.45) is 0. The standard InChI is InChI=1S/C14H15BrN2O2S/c1-3-19-13(18)12-9-20-14(16-12)17(2)8-10-5-4-6-11(15)7-10/h4-7,9H,3,8H2,1-2H3. The van der Waals surface area contributed by atoms with Gasteiger partial charge in [0, 0.05) is 23.4 Å². The molecular formula is C14H15BrN2O2S. The normalized spacial score (nSPS) is 10.3. The molecule has 2 rings (SSSR count). The van der Waals surface area contributed by atoms with Crippen molar-refractivity contribution in [1.29, 1.82) is 0 Å². The van der Waals surface area contributed by atoms with E-state index in [0.29, 0.717) is 12.3 Å². The van der Waals surface area contributed by atoms with Crippen molar-refractivity contribution in [1.82, 2.24) is 4.98 Å². The number of aromatic nitrogens is 1. The summed E-state index contributed by atoms with van der Waals surface area (Å²) in [6, 6.07) is 8.11. The Hall–Kier alpha value is -1.40. The van der Waals surface area contributed by atoms with E-state index in [2.05, 4.69) is 33.0 Å². The summed E-state index contributed by atoms with van der Waals surface area (Å²) >= 11 is 4.89. The van der Waals surface area contributed by atoms with Gasteiger partial charge in [-0.15, -0.1) is 11.3 Å². The topological polar surface area (TPSA) is 42.4 Å². The van der Waals surface area contributed by atoms with Gasteiger partial charge in [-0.3, -0.25) is 0 Å². The van der Waals surface area contributed by atoms with Crippen LogP contribution in [0.2, 0.25) is 0 Å². The number of ether oxygens (including phenoxy) is 1. The Balaban J connectivity index is 2.06. The van der Waals surface area contributed by atoms with Crippen molar-refractivity contribution in [3.05, 3.63) is 45.4 Å². The van der Waals surface area contributed by atoms with Crippen LogP contribution in [0.5, 0.6) is 0 Å². The second kappa shape index (κ2) is 6.85. The number of esters is 1. The number of anilines is 1. The van der Waals surface area contributed by atoms with Gasteiger partial charge in [-0.2, -0.15) is 0 Å². The van der Waals surface area contributed by atoms with E-state index in [4.69, 9.17) is 4.74 Å². The maximum absolute atomic E-state index is 11.6. The highest BCUT2D eigenvalue weighted by molar-refractivity contribution is 9.10. The van der Waals surface area contributed by atoms with E-state index in [1.807, 2.05) is 24.1 Å². The first kappa shape index (κ1) is 15.0. The van der Waals surface area contributed by atoms with Gasteiger partial charge in [-0.05, 0) is 24.6 Å². The maximum Gasteiger partial charge on any atom is 0.357 e. The monoisotopic (exact) mass is 354 g/mol. The van der Waals surface area contributed by atoms with E-state index in [0.717, 1.165) is 16.1 Å². The van der Waals surface area contributed by atoms with Gasteiger partial charge in [0.05, 0.1) is 6.61 Å². The molecular weight excluding hydrogens is 340 g/mol. The molecule has 0 saturated carbocycles. The Kier molecular flexibility index (Phi) is 5.14. The molecule has 0 atom stereocenters. The van der Waals surface area contributed by atoms with Crippen LogP contribution in [-0.4, -0.2) is 24.6 Å². The number of carbonyl (C=O) groups excluding carboxylic acids is 1. The van der Waals surface area contributed by atoms with Gasteiger partial charge in [0.15, 0.2) is 10.8 Å². The molecule has 6 heteroatoms. The van der Waals surface area contributed by atoms with Crippen LogP contribution in [0, 0.1) is 0 Å². The van der Waals surface area contributed by atoms with E-state index < -0.39 is 0 Å². The molecule has 1 aromatic heterocycles. The lowest BCUT2D eigenvalue weighted by Crippen LogP contribution is -2.16. The van der Waals surface area contributed by atoms with Gasteiger partial charge in [0.25, 0.3) is 0 Å². The molecule has 0 fully saturated rings. The Morgan fingerprint density at radius 3 is 3.00 bits per heavy atom. The van der Waals surface area contributed by atoms with Gasteiger partial charge < -0.3 is 9.64 Å². The molecule has 0 bridgehead atoms. The second-order valence-electron chi connectivity index (χ2n) is 4.22. The van der Waals surface area contributed by atoms with E-state index in [9.17, 15) is 4.79 Å². The van der Waals surface area contributed by atoms with Crippen molar-refractivity contribution in [2.45, 2.75) is 13.5 Å². The Labute approximate surface area is 130 Å². The summed E-state index contributed by atoms with van der Waals surface area (Å²) in [6.45, 7) is 2.87. The molecule has 0 N–H and O–H groups in total. The van der Waals surface area contributed by atoms with Crippen molar-refractivity contribution >= 4 is 38.4 Å². The number of hydrogen-bond donors (Lipinski definition) is 0. The highest BCUT2D eigenvalue weighted by atomic mass is 79.9. The van der Waals surface area contributed by atoms with Crippen LogP contribution >= 0.6 is 27.3 Å². The highest BCUT2D eigenvalue weighted by Gasteiger charge is 2.14. The van der Waals surface area contributed by atoms with E-state index in [1.165, 1.54) is 16.9 Å². The summed E-state index contributed by atoms with van der Waals surface area (Å²) in [5.41, 5.74) is 1.54. The number of rotatable bonds is 5. The molecule has 0 radical (unpaired) electrons. The molecule has 20 heavy (non-hydrogen) atoms. The van der Waals surface area contributed by atoms with Crippen LogP contribution in [0.4, 0.5) is 5.13 Å². The Morgan fingerprint density at radius 2 is 2.30 bits per heavy atom. The van der Waals surface area contributed by atoms with Gasteiger partial charge >= 0.3 is 5.97 Å². The molecule has 0 saturated heterocycles. The summed E-state index contributed by atoms with van der Waals surface area (Å²) in [5.74, 6) is -0.370. The lowest BCUT2D eigenvalue weighted by Gasteiger charge is -2.15. The molecule has 2 aromatic rings. The fourth-order valence-electron chi connectivity index (χ4n) is 1.72. The predicted molar refractivity (Wildman–Crippen MR) is 84.3 cm³/mol. The molecule has 1 heterocycles. The van der Waals surface area contributed by atoms with E-state index >= 15 is 0 Å². The molecule has 0 aliphatic carbocycles. The quantitative estimate of drug-likeness (QED) is 0.767. The minimum Gasteiger partial charge on any atom is -0.461 e. The average Bonchev–Trinajstić information content (AvgIpc) is 2.88. The van der Waals surface area contributed by atoms with Crippen LogP contribution in [0.15, 0.2) is 34.1 Å². The lowest BCUT2D eigenvalue weighted by atomic mass is 10.2. The number of benzene rings is 1. The van der Waals surface area contributed by atoms with Gasteiger partial charge in [-0.1, -0.05) is 28.1 Å². The summed E-state index contributed by atoms with van der Waals surface area (Å²) in [5, 5.41) is 2.53. The largest absolute Gasteiger partial charge is 0.461 e. The Morgan fingerprint density at radius 1 is 1.50 bits per heavy atom. The summed E-state index contributed by atoms with van der Waals surface area (Å²) < 4.78 is 5.99. The van der Waals surface area contributed by atoms with Crippen molar-refractivity contribution in [3.63, 3.8) is 0 Å². The molecule has 0 spiro atoms. The van der Waals surface area contributed by atoms with Gasteiger partial charge in [0.1, 0.15) is 0 Å². The predicted octanol–water partition coefficient (Wildman–Crippen LogP) is 3.72. The van der Waals surface area contributed by atoms with Gasteiger partial charge in [0.2, 0.25) is 0 Å². The summed E-state index contributed by atoms with van der Waals surface area (Å²) in [7, 11) is 1.95. The third-order valence-corrected chi connectivity index (χ3v) is 4.06. The molecule has 0 amide bonds. The third kappa shape index (κ3) is 3.80. The maximum atomic E-state index is 11.6. The van der Waals surface area contributed by atoms with Crippen LogP contribution in [0.25, 0.3) is 0 Å². The van der Waals surface area contributed by atoms with Crippen LogP contribution < -0.4 is 4.90 Å².